The molecule has 0 bridgehead atoms. The summed E-state index contributed by atoms with van der Waals surface area (Å²) < 4.78 is 7.74. The monoisotopic (exact) mass is 415 g/mol. The van der Waals surface area contributed by atoms with Gasteiger partial charge in [-0.3, -0.25) is 14.6 Å². The molecule has 1 aliphatic heterocycles. The largest absolute Gasteiger partial charge is 0.381 e. The first-order valence-electron chi connectivity index (χ1n) is 10.8. The molecule has 1 saturated heterocycles. The number of hydrogen-bond donors (Lipinski definition) is 0. The Labute approximate surface area is 178 Å². The number of imidazole rings is 1. The van der Waals surface area contributed by atoms with E-state index in [0.717, 1.165) is 44.1 Å². The molecule has 0 radical (unpaired) electrons. The molecule has 0 unspecified atom stereocenters. The summed E-state index contributed by atoms with van der Waals surface area (Å²) in [6.07, 6.45) is 7.28. The van der Waals surface area contributed by atoms with Gasteiger partial charge in [0.05, 0.1) is 19.0 Å². The summed E-state index contributed by atoms with van der Waals surface area (Å²) >= 11 is 0. The van der Waals surface area contributed by atoms with Gasteiger partial charge in [0, 0.05) is 37.9 Å². The van der Waals surface area contributed by atoms with Gasteiger partial charge in [0.1, 0.15) is 22.9 Å². The molecule has 164 valence electrons. The molecule has 8 nitrogen and oxygen atoms in total. The van der Waals surface area contributed by atoms with Crippen molar-refractivity contribution in [3.05, 3.63) is 30.1 Å². The quantitative estimate of drug-likeness (QED) is 0.644. The summed E-state index contributed by atoms with van der Waals surface area (Å²) in [7, 11) is 0. The number of carbonyl (C=O) groups excluding carboxylic acids is 1. The van der Waals surface area contributed by atoms with Gasteiger partial charge in [-0.1, -0.05) is 20.8 Å². The van der Waals surface area contributed by atoms with Crippen molar-refractivity contribution in [2.75, 3.05) is 26.4 Å². The lowest BCUT2D eigenvalue weighted by Gasteiger charge is -2.25. The zero-order valence-electron chi connectivity index (χ0n) is 18.7. The van der Waals surface area contributed by atoms with E-state index < -0.39 is 0 Å². The number of hydroxylamine groups is 2. The molecule has 0 aromatic carbocycles. The molecule has 3 rings (SSSR count). The summed E-state index contributed by atoms with van der Waals surface area (Å²) in [5.41, 5.74) is 1.45. The Kier molecular flexibility index (Phi) is 7.20. The lowest BCUT2D eigenvalue weighted by molar-refractivity contribution is -0.115. The van der Waals surface area contributed by atoms with Crippen LogP contribution in [0.25, 0.3) is 11.4 Å². The van der Waals surface area contributed by atoms with Crippen molar-refractivity contribution in [2.45, 2.75) is 59.4 Å². The first-order chi connectivity index (χ1) is 14.3. The standard InChI is InChI=1S/C22H33N5O3/c1-6-27(30-7-2)20(28)18-13-23-12-17(24-18)19-15-26(21(25-19)22(3,4)5)14-16-8-10-29-11-9-16/h12-13,15-16H,6-11,14H2,1-5H3. The summed E-state index contributed by atoms with van der Waals surface area (Å²) in [6, 6.07) is 0. The van der Waals surface area contributed by atoms with Crippen LogP contribution in [-0.2, 0) is 21.5 Å². The van der Waals surface area contributed by atoms with E-state index >= 15 is 0 Å². The molecule has 0 N–H and O–H groups in total. The maximum atomic E-state index is 12.7. The van der Waals surface area contributed by atoms with Crippen LogP contribution in [0.1, 0.15) is 63.8 Å². The average Bonchev–Trinajstić information content (AvgIpc) is 3.17. The van der Waals surface area contributed by atoms with E-state index in [-0.39, 0.29) is 17.0 Å². The fourth-order valence-electron chi connectivity index (χ4n) is 3.65. The second kappa shape index (κ2) is 9.66. The van der Waals surface area contributed by atoms with Crippen LogP contribution in [0.4, 0.5) is 0 Å². The fourth-order valence-corrected chi connectivity index (χ4v) is 3.65. The Morgan fingerprint density at radius 2 is 1.93 bits per heavy atom. The number of amides is 1. The van der Waals surface area contributed by atoms with Crippen molar-refractivity contribution in [3.63, 3.8) is 0 Å². The highest BCUT2D eigenvalue weighted by molar-refractivity contribution is 5.91. The van der Waals surface area contributed by atoms with E-state index in [2.05, 4.69) is 35.3 Å². The molecule has 1 aliphatic rings. The molecule has 1 amide bonds. The van der Waals surface area contributed by atoms with E-state index in [4.69, 9.17) is 14.6 Å². The minimum atomic E-state index is -0.300. The molecule has 0 aliphatic carbocycles. The van der Waals surface area contributed by atoms with E-state index in [0.29, 0.717) is 24.8 Å². The number of hydrogen-bond acceptors (Lipinski definition) is 6. The number of rotatable bonds is 7. The zero-order valence-corrected chi connectivity index (χ0v) is 18.7. The van der Waals surface area contributed by atoms with E-state index in [1.54, 1.807) is 6.20 Å². The predicted molar refractivity (Wildman–Crippen MR) is 114 cm³/mol. The number of nitrogens with zero attached hydrogens (tertiary/aromatic N) is 5. The van der Waals surface area contributed by atoms with Crippen LogP contribution >= 0.6 is 0 Å². The molecule has 0 saturated carbocycles. The van der Waals surface area contributed by atoms with Crippen LogP contribution in [0.5, 0.6) is 0 Å². The third-order valence-corrected chi connectivity index (χ3v) is 5.16. The Morgan fingerprint density at radius 3 is 2.57 bits per heavy atom. The number of ether oxygens (including phenoxy) is 1. The van der Waals surface area contributed by atoms with Crippen LogP contribution in [-0.4, -0.2) is 56.9 Å². The van der Waals surface area contributed by atoms with Crippen molar-refractivity contribution in [1.82, 2.24) is 24.6 Å². The number of carbonyl (C=O) groups is 1. The molecular weight excluding hydrogens is 382 g/mol. The third kappa shape index (κ3) is 5.23. The van der Waals surface area contributed by atoms with Crippen molar-refractivity contribution in [2.24, 2.45) is 5.92 Å². The van der Waals surface area contributed by atoms with Gasteiger partial charge in [0.2, 0.25) is 0 Å². The topological polar surface area (TPSA) is 82.4 Å². The molecule has 0 spiro atoms. The maximum absolute atomic E-state index is 12.7. The Morgan fingerprint density at radius 1 is 1.20 bits per heavy atom. The van der Waals surface area contributed by atoms with Crippen LogP contribution < -0.4 is 0 Å². The van der Waals surface area contributed by atoms with Crippen LogP contribution in [0.3, 0.4) is 0 Å². The maximum Gasteiger partial charge on any atom is 0.297 e. The summed E-state index contributed by atoms with van der Waals surface area (Å²) in [6.45, 7) is 13.6. The predicted octanol–water partition coefficient (Wildman–Crippen LogP) is 3.48. The summed E-state index contributed by atoms with van der Waals surface area (Å²) in [5, 5.41) is 1.30. The first-order valence-corrected chi connectivity index (χ1v) is 10.8. The average molecular weight is 416 g/mol. The van der Waals surface area contributed by atoms with Gasteiger partial charge in [-0.15, -0.1) is 0 Å². The molecule has 30 heavy (non-hydrogen) atoms. The molecule has 2 aromatic heterocycles. The lowest BCUT2D eigenvalue weighted by atomic mass is 9.94. The highest BCUT2D eigenvalue weighted by Crippen LogP contribution is 2.28. The third-order valence-electron chi connectivity index (χ3n) is 5.16. The first kappa shape index (κ1) is 22.4. The molecular formula is C22H33N5O3. The SMILES string of the molecule is CCON(CC)C(=O)c1cncc(-c2cn(CC3CCOCC3)c(C(C)(C)C)n2)n1. The minimum Gasteiger partial charge on any atom is -0.381 e. The summed E-state index contributed by atoms with van der Waals surface area (Å²) in [5.74, 6) is 1.28. The highest BCUT2D eigenvalue weighted by atomic mass is 16.7. The van der Waals surface area contributed by atoms with E-state index in [1.807, 2.05) is 20.0 Å². The Hall–Kier alpha value is -2.32. The summed E-state index contributed by atoms with van der Waals surface area (Å²) in [4.78, 5) is 31.8. The van der Waals surface area contributed by atoms with Gasteiger partial charge < -0.3 is 9.30 Å². The second-order valence-electron chi connectivity index (χ2n) is 8.62. The molecule has 8 heteroatoms. The molecule has 2 aromatic rings. The van der Waals surface area contributed by atoms with Gasteiger partial charge >= 0.3 is 0 Å². The van der Waals surface area contributed by atoms with Gasteiger partial charge in [-0.25, -0.2) is 15.0 Å². The zero-order chi connectivity index (χ0) is 21.7. The minimum absolute atomic E-state index is 0.113. The normalized spacial score (nSPS) is 15.4. The van der Waals surface area contributed by atoms with Crippen LogP contribution in [0, 0.1) is 5.92 Å². The van der Waals surface area contributed by atoms with E-state index in [1.165, 1.54) is 11.3 Å². The van der Waals surface area contributed by atoms with Gasteiger partial charge in [0.15, 0.2) is 0 Å². The van der Waals surface area contributed by atoms with Crippen molar-refractivity contribution < 1.29 is 14.4 Å². The highest BCUT2D eigenvalue weighted by Gasteiger charge is 2.25. The smallest absolute Gasteiger partial charge is 0.297 e. The van der Waals surface area contributed by atoms with Crippen LogP contribution in [0.15, 0.2) is 18.6 Å². The van der Waals surface area contributed by atoms with Gasteiger partial charge in [-0.05, 0) is 32.6 Å². The molecule has 3 heterocycles. The fraction of sp³-hybridized carbons (Fsp3) is 0.636. The molecule has 1 fully saturated rings. The van der Waals surface area contributed by atoms with Crippen LogP contribution in [0.2, 0.25) is 0 Å². The Bertz CT molecular complexity index is 853. The second-order valence-corrected chi connectivity index (χ2v) is 8.62. The van der Waals surface area contributed by atoms with Gasteiger partial charge in [-0.2, -0.15) is 0 Å². The lowest BCUT2D eigenvalue weighted by Crippen LogP contribution is -2.31. The number of aromatic nitrogens is 4. The van der Waals surface area contributed by atoms with Gasteiger partial charge in [0.25, 0.3) is 5.91 Å². The molecule has 0 atom stereocenters. The van der Waals surface area contributed by atoms with Crippen molar-refractivity contribution in [3.8, 4) is 11.4 Å². The van der Waals surface area contributed by atoms with Crippen molar-refractivity contribution >= 4 is 5.91 Å². The Balaban J connectivity index is 1.90. The van der Waals surface area contributed by atoms with E-state index in [9.17, 15) is 4.79 Å². The van der Waals surface area contributed by atoms with Crippen molar-refractivity contribution in [1.29, 1.82) is 0 Å².